The Labute approximate surface area is 142 Å². The van der Waals surface area contributed by atoms with Crippen LogP contribution < -0.4 is 15.9 Å². The Bertz CT molecular complexity index is 911. The number of carbonyl (C=O) groups excluding carboxylic acids is 1. The summed E-state index contributed by atoms with van der Waals surface area (Å²) in [5.41, 5.74) is 3.28. The topological polar surface area (TPSA) is 95.1 Å². The van der Waals surface area contributed by atoms with Crippen molar-refractivity contribution in [3.63, 3.8) is 0 Å². The minimum absolute atomic E-state index is 0.305. The van der Waals surface area contributed by atoms with Crippen LogP contribution in [0.15, 0.2) is 29.6 Å². The second kappa shape index (κ2) is 5.64. The van der Waals surface area contributed by atoms with Gasteiger partial charge >= 0.3 is 0 Å². The van der Waals surface area contributed by atoms with Crippen molar-refractivity contribution in [2.75, 3.05) is 17.8 Å². The molecule has 0 bridgehead atoms. The van der Waals surface area contributed by atoms with Crippen LogP contribution in [0.4, 0.5) is 5.82 Å². The van der Waals surface area contributed by atoms with E-state index in [0.717, 1.165) is 35.0 Å². The van der Waals surface area contributed by atoms with Crippen LogP contribution in [-0.2, 0) is 6.42 Å². The van der Waals surface area contributed by atoms with Gasteiger partial charge in [0.15, 0.2) is 5.82 Å². The number of aryl methyl sites for hydroxylation is 1. The lowest BCUT2D eigenvalue weighted by Gasteiger charge is -2.01. The van der Waals surface area contributed by atoms with Crippen LogP contribution in [0.1, 0.15) is 21.7 Å². The Morgan fingerprint density at radius 1 is 1.42 bits per heavy atom. The van der Waals surface area contributed by atoms with Gasteiger partial charge < -0.3 is 15.9 Å². The molecule has 1 aliphatic rings. The van der Waals surface area contributed by atoms with Crippen molar-refractivity contribution in [3.05, 3.63) is 46.6 Å². The molecule has 3 aromatic rings. The lowest BCUT2D eigenvalue weighted by molar-refractivity contribution is 0.102. The van der Waals surface area contributed by atoms with Crippen molar-refractivity contribution >= 4 is 23.1 Å². The van der Waals surface area contributed by atoms with Crippen molar-refractivity contribution < 1.29 is 9.53 Å². The first-order valence-electron chi connectivity index (χ1n) is 7.45. The summed E-state index contributed by atoms with van der Waals surface area (Å²) in [5.74, 6) is 6.64. The number of carbonyl (C=O) groups is 1. The summed E-state index contributed by atoms with van der Waals surface area (Å²) in [6, 6.07) is 7.69. The molecule has 0 fully saturated rings. The van der Waals surface area contributed by atoms with E-state index in [1.165, 1.54) is 21.7 Å². The number of nitrogens with two attached hydrogens (primary N) is 1. The van der Waals surface area contributed by atoms with Crippen molar-refractivity contribution in [1.82, 2.24) is 14.9 Å². The molecule has 122 valence electrons. The van der Waals surface area contributed by atoms with Gasteiger partial charge in [-0.2, -0.15) is 4.79 Å². The van der Waals surface area contributed by atoms with Gasteiger partial charge in [0.05, 0.1) is 12.3 Å². The number of ether oxygens (including phenoxy) is 1. The fourth-order valence-corrected chi connectivity index (χ4v) is 3.36. The van der Waals surface area contributed by atoms with Crippen LogP contribution in [-0.4, -0.2) is 27.4 Å². The lowest BCUT2D eigenvalue weighted by Crippen LogP contribution is -2.15. The third-order valence-electron chi connectivity index (χ3n) is 3.84. The third-order valence-corrected chi connectivity index (χ3v) is 4.73. The maximum Gasteiger partial charge on any atom is 0.276 e. The number of amides is 1. The fourth-order valence-electron chi connectivity index (χ4n) is 2.56. The summed E-state index contributed by atoms with van der Waals surface area (Å²) < 4.78 is 5.51. The molecule has 1 aliphatic heterocycles. The summed E-state index contributed by atoms with van der Waals surface area (Å²) in [5, 5.41) is 9.24. The molecule has 4 rings (SSSR count). The Kier molecular flexibility index (Phi) is 3.46. The summed E-state index contributed by atoms with van der Waals surface area (Å²) in [6.07, 6.45) is 0.906. The van der Waals surface area contributed by atoms with Gasteiger partial charge in [-0.3, -0.25) is 4.79 Å². The van der Waals surface area contributed by atoms with Crippen LogP contribution in [0.25, 0.3) is 10.6 Å². The number of nitrogens with zero attached hydrogens (tertiary/aromatic N) is 3. The van der Waals surface area contributed by atoms with E-state index in [1.54, 1.807) is 18.4 Å². The number of fused-ring (bicyclic) bond motifs is 1. The zero-order valence-corrected chi connectivity index (χ0v) is 13.8. The maximum absolute atomic E-state index is 12.3. The Balaban J connectivity index is 1.55. The van der Waals surface area contributed by atoms with Gasteiger partial charge in [-0.1, -0.05) is 0 Å². The van der Waals surface area contributed by atoms with Crippen LogP contribution in [0.3, 0.4) is 0 Å². The van der Waals surface area contributed by atoms with E-state index in [0.29, 0.717) is 11.5 Å². The van der Waals surface area contributed by atoms with Crippen molar-refractivity contribution in [2.24, 2.45) is 0 Å². The summed E-state index contributed by atoms with van der Waals surface area (Å²) in [7, 11) is 0. The molecule has 0 spiro atoms. The van der Waals surface area contributed by atoms with E-state index in [-0.39, 0.29) is 5.91 Å². The molecule has 24 heavy (non-hydrogen) atoms. The molecule has 0 aliphatic carbocycles. The number of hydrogen-bond donors (Lipinski definition) is 2. The van der Waals surface area contributed by atoms with Gasteiger partial charge in [0, 0.05) is 23.4 Å². The van der Waals surface area contributed by atoms with Crippen molar-refractivity contribution in [3.8, 4) is 16.3 Å². The summed E-state index contributed by atoms with van der Waals surface area (Å²) >= 11 is 1.43. The molecule has 8 heteroatoms. The maximum atomic E-state index is 12.3. The van der Waals surface area contributed by atoms with E-state index in [1.807, 2.05) is 12.1 Å². The number of aromatic nitrogens is 3. The highest BCUT2D eigenvalue weighted by Crippen LogP contribution is 2.31. The zero-order valence-electron chi connectivity index (χ0n) is 12.9. The highest BCUT2D eigenvalue weighted by molar-refractivity contribution is 7.13. The lowest BCUT2D eigenvalue weighted by atomic mass is 10.1. The smallest absolute Gasteiger partial charge is 0.276 e. The first-order valence-corrected chi connectivity index (χ1v) is 8.33. The molecule has 3 N–H and O–H groups in total. The number of hydrogen-bond acceptors (Lipinski definition) is 6. The second-order valence-electron chi connectivity index (χ2n) is 5.53. The van der Waals surface area contributed by atoms with Gasteiger partial charge in [-0.15, -0.1) is 16.4 Å². The molecule has 1 amide bonds. The molecule has 3 heterocycles. The molecule has 0 saturated heterocycles. The monoisotopic (exact) mass is 341 g/mol. The predicted molar refractivity (Wildman–Crippen MR) is 91.8 cm³/mol. The minimum atomic E-state index is -0.305. The Morgan fingerprint density at radius 3 is 3.08 bits per heavy atom. The van der Waals surface area contributed by atoms with E-state index in [4.69, 9.17) is 10.6 Å². The van der Waals surface area contributed by atoms with E-state index < -0.39 is 0 Å². The highest BCUT2D eigenvalue weighted by Gasteiger charge is 2.16. The predicted octanol–water partition coefficient (Wildman–Crippen LogP) is 2.22. The summed E-state index contributed by atoms with van der Waals surface area (Å²) in [6.45, 7) is 2.53. The zero-order chi connectivity index (χ0) is 16.7. The Morgan fingerprint density at radius 2 is 2.29 bits per heavy atom. The average molecular weight is 341 g/mol. The second-order valence-corrected chi connectivity index (χ2v) is 6.39. The molecule has 7 nitrogen and oxygen atoms in total. The quantitative estimate of drug-likeness (QED) is 0.712. The SMILES string of the molecule is Cc1cc(NC(=O)c2csc(-c3ccc4c(c3)CCO4)n2)nn1N. The van der Waals surface area contributed by atoms with Gasteiger partial charge in [0.25, 0.3) is 5.91 Å². The Hall–Kier alpha value is -2.87. The molecular weight excluding hydrogens is 326 g/mol. The van der Waals surface area contributed by atoms with Crippen LogP contribution >= 0.6 is 11.3 Å². The minimum Gasteiger partial charge on any atom is -0.493 e. The average Bonchev–Trinajstić information content (AvgIpc) is 3.27. The number of nitrogen functional groups attached to an aromatic ring is 1. The molecule has 0 saturated carbocycles. The number of thiazole rings is 1. The first-order chi connectivity index (χ1) is 11.6. The van der Waals surface area contributed by atoms with Crippen molar-refractivity contribution in [2.45, 2.75) is 13.3 Å². The standard InChI is InChI=1S/C16H15N5O2S/c1-9-6-14(20-21(9)17)19-15(22)12-8-24-16(18-12)11-2-3-13-10(7-11)4-5-23-13/h2-3,6-8H,4-5,17H2,1H3,(H,19,20,22). The van der Waals surface area contributed by atoms with Gasteiger partial charge in [-0.05, 0) is 30.7 Å². The normalized spacial score (nSPS) is 12.7. The van der Waals surface area contributed by atoms with Crippen LogP contribution in [0.5, 0.6) is 5.75 Å². The molecule has 0 unspecified atom stereocenters. The highest BCUT2D eigenvalue weighted by atomic mass is 32.1. The van der Waals surface area contributed by atoms with Crippen LogP contribution in [0, 0.1) is 6.92 Å². The van der Waals surface area contributed by atoms with E-state index >= 15 is 0 Å². The third kappa shape index (κ3) is 2.61. The summed E-state index contributed by atoms with van der Waals surface area (Å²) in [4.78, 5) is 17.9. The van der Waals surface area contributed by atoms with E-state index in [2.05, 4.69) is 21.5 Å². The largest absolute Gasteiger partial charge is 0.493 e. The molecular formula is C16H15N5O2S. The molecule has 1 aromatic carbocycles. The number of benzene rings is 1. The van der Waals surface area contributed by atoms with Gasteiger partial charge in [0.2, 0.25) is 0 Å². The van der Waals surface area contributed by atoms with Gasteiger partial charge in [-0.25, -0.2) is 4.98 Å². The first kappa shape index (κ1) is 14.7. The van der Waals surface area contributed by atoms with Crippen LogP contribution in [0.2, 0.25) is 0 Å². The fraction of sp³-hybridized carbons (Fsp3) is 0.188. The van der Waals surface area contributed by atoms with Crippen molar-refractivity contribution in [1.29, 1.82) is 0 Å². The number of rotatable bonds is 3. The molecule has 2 aromatic heterocycles. The van der Waals surface area contributed by atoms with E-state index in [9.17, 15) is 4.79 Å². The number of anilines is 1. The van der Waals surface area contributed by atoms with Gasteiger partial charge in [0.1, 0.15) is 16.5 Å². The molecule has 0 radical (unpaired) electrons. The molecule has 0 atom stereocenters. The number of nitrogens with one attached hydrogen (secondary N) is 1.